The van der Waals surface area contributed by atoms with E-state index in [9.17, 15) is 71.5 Å². The van der Waals surface area contributed by atoms with Crippen LogP contribution in [0.2, 0.25) is 0 Å². The molecule has 6 heterocycles. The fraction of sp³-hybridized carbons (Fsp3) is 0.758. The lowest BCUT2D eigenvalue weighted by molar-refractivity contribution is -0.358. The normalized spacial score (nSPS) is 39.3. The molecule has 0 saturated carbocycles. The second-order valence-electron chi connectivity index (χ2n) is 26.9. The second kappa shape index (κ2) is 29.9. The summed E-state index contributed by atoms with van der Waals surface area (Å²) in [7, 11) is 0. The third-order valence-electron chi connectivity index (χ3n) is 19.6. The third-order valence-corrected chi connectivity index (χ3v) is 19.6. The van der Waals surface area contributed by atoms with Crippen molar-refractivity contribution in [3.05, 3.63) is 69.8 Å². The average Bonchev–Trinajstić information content (AvgIpc) is 0.753. The van der Waals surface area contributed by atoms with Crippen LogP contribution in [0.3, 0.4) is 0 Å². The molecule has 2 aromatic rings. The molecular weight excluding hydrogens is 1180 g/mol. The van der Waals surface area contributed by atoms with Crippen molar-refractivity contribution in [1.29, 1.82) is 0 Å². The Bertz CT molecular complexity index is 2740. The summed E-state index contributed by atoms with van der Waals surface area (Å²) in [5.41, 5.74) is 5.32. The molecule has 0 aromatic heterocycles. The number of aliphatic hydroxyl groups is 14. The van der Waals surface area contributed by atoms with Crippen molar-refractivity contribution in [2.45, 2.75) is 278 Å². The standard InChI is InChI=1S/2C33H50O12/c1-5-6-7-8-17-12-20(24-18-11-16(2)9-10-19(18)33(3,4)45-21(24)13-17)41-32-29(40)30(26(37)23(15-35)43-32)44-31-28(39)27(38)25(36)22(14-34)42-31;1-5-6-7-8-17-12-20(24-18-11-16(2)9-10-19(18)33(3,4)45-21(24)13-17)41-32-30(28(39)26(37)23(15-35)43-32)44-31-29(40)27(38)25(36)22(14-34)42-31/h2*11-13,18-19,22-23,25-32,34-40H,5-10,14-15H2,1-4H3/t18-,19-,22-,23-,25-,26-,27+,28-,29-,30+,31+,32-;18-,19-,22-,23-,25-,26-,27+,28+,29-,30-,31+,32-/m11/s1. The Hall–Kier alpha value is -3.68. The van der Waals surface area contributed by atoms with Crippen LogP contribution in [0.15, 0.2) is 47.6 Å². The number of rotatable bonds is 20. The summed E-state index contributed by atoms with van der Waals surface area (Å²) in [6, 6.07) is 8.00. The highest BCUT2D eigenvalue weighted by Crippen LogP contribution is 2.56. The van der Waals surface area contributed by atoms with Gasteiger partial charge in [0.05, 0.1) is 26.4 Å². The van der Waals surface area contributed by atoms with Crippen molar-refractivity contribution in [2.24, 2.45) is 11.8 Å². The third kappa shape index (κ3) is 14.9. The largest absolute Gasteiger partial charge is 0.487 e. The monoisotopic (exact) mass is 1280 g/mol. The van der Waals surface area contributed by atoms with Crippen LogP contribution in [0.25, 0.3) is 0 Å². The van der Waals surface area contributed by atoms with Crippen LogP contribution in [0.5, 0.6) is 23.0 Å². The number of ether oxygens (including phenoxy) is 10. The zero-order chi connectivity index (χ0) is 65.3. The Morgan fingerprint density at radius 1 is 0.433 bits per heavy atom. The fourth-order valence-electron chi connectivity index (χ4n) is 14.3. The van der Waals surface area contributed by atoms with Crippen LogP contribution in [-0.2, 0) is 41.3 Å². The number of aryl methyl sites for hydroxylation is 2. The van der Waals surface area contributed by atoms with Crippen LogP contribution in [0, 0.1) is 11.8 Å². The van der Waals surface area contributed by atoms with Gasteiger partial charge >= 0.3 is 0 Å². The second-order valence-corrected chi connectivity index (χ2v) is 26.9. The van der Waals surface area contributed by atoms with Gasteiger partial charge in [0.1, 0.15) is 126 Å². The maximum atomic E-state index is 11.5. The number of allylic oxidation sites excluding steroid dienone is 4. The summed E-state index contributed by atoms with van der Waals surface area (Å²) >= 11 is 0. The number of unbranched alkanes of at least 4 members (excludes halogenated alkanes) is 4. The van der Waals surface area contributed by atoms with Crippen molar-refractivity contribution in [2.75, 3.05) is 26.4 Å². The number of benzene rings is 2. The van der Waals surface area contributed by atoms with Crippen molar-refractivity contribution in [3.63, 3.8) is 0 Å². The summed E-state index contributed by atoms with van der Waals surface area (Å²) in [6.45, 7) is 14.3. The Morgan fingerprint density at radius 3 is 1.23 bits per heavy atom. The molecule has 10 rings (SSSR count). The number of hydrogen-bond acceptors (Lipinski definition) is 24. The van der Waals surface area contributed by atoms with Crippen molar-refractivity contribution in [1.82, 2.24) is 0 Å². The molecule has 6 aliphatic heterocycles. The molecule has 24 nitrogen and oxygen atoms in total. The van der Waals surface area contributed by atoms with Gasteiger partial charge in [-0.15, -0.1) is 0 Å². The van der Waals surface area contributed by atoms with Gasteiger partial charge in [-0.25, -0.2) is 0 Å². The molecule has 0 amide bonds. The first kappa shape index (κ1) is 70.6. The van der Waals surface area contributed by atoms with E-state index in [0.717, 1.165) is 99.3 Å². The first-order valence-electron chi connectivity index (χ1n) is 32.4. The van der Waals surface area contributed by atoms with Gasteiger partial charge in [0, 0.05) is 34.8 Å². The van der Waals surface area contributed by atoms with Crippen LogP contribution in [0.4, 0.5) is 0 Å². The van der Waals surface area contributed by atoms with Crippen molar-refractivity contribution >= 4 is 0 Å². The van der Waals surface area contributed by atoms with Crippen LogP contribution < -0.4 is 18.9 Å². The highest BCUT2D eigenvalue weighted by Gasteiger charge is 2.55. The minimum Gasteiger partial charge on any atom is -0.487 e. The first-order chi connectivity index (χ1) is 42.8. The zero-order valence-corrected chi connectivity index (χ0v) is 53.0. The van der Waals surface area contributed by atoms with E-state index in [0.29, 0.717) is 23.0 Å². The molecule has 0 bridgehead atoms. The molecule has 24 heteroatoms. The van der Waals surface area contributed by atoms with Gasteiger partial charge in [-0.05, 0) is 128 Å². The molecule has 0 unspecified atom stereocenters. The molecule has 4 saturated heterocycles. The predicted octanol–water partition coefficient (Wildman–Crippen LogP) is 2.07. The van der Waals surface area contributed by atoms with E-state index < -0.39 is 160 Å². The Kier molecular flexibility index (Phi) is 23.5. The fourth-order valence-corrected chi connectivity index (χ4v) is 14.3. The molecule has 14 N–H and O–H groups in total. The molecule has 2 aliphatic carbocycles. The topological polar surface area (TPSA) is 376 Å². The predicted molar refractivity (Wildman–Crippen MR) is 321 cm³/mol. The zero-order valence-electron chi connectivity index (χ0n) is 53.0. The van der Waals surface area contributed by atoms with Crippen molar-refractivity contribution in [3.8, 4) is 23.0 Å². The molecule has 4 fully saturated rings. The summed E-state index contributed by atoms with van der Waals surface area (Å²) < 4.78 is 60.9. The maximum Gasteiger partial charge on any atom is 0.229 e. The highest BCUT2D eigenvalue weighted by atomic mass is 16.8. The van der Waals surface area contributed by atoms with Gasteiger partial charge in [-0.2, -0.15) is 0 Å². The summed E-state index contributed by atoms with van der Waals surface area (Å²) in [5, 5.41) is 146. The molecule has 90 heavy (non-hydrogen) atoms. The van der Waals surface area contributed by atoms with E-state index in [2.05, 4.69) is 79.7 Å². The lowest BCUT2D eigenvalue weighted by atomic mass is 9.68. The Labute approximate surface area is 526 Å². The van der Waals surface area contributed by atoms with E-state index >= 15 is 0 Å². The Morgan fingerprint density at radius 2 is 0.811 bits per heavy atom. The van der Waals surface area contributed by atoms with Gasteiger partial charge in [0.15, 0.2) is 18.7 Å². The highest BCUT2D eigenvalue weighted by molar-refractivity contribution is 5.56. The summed E-state index contributed by atoms with van der Waals surface area (Å²) in [5.74, 6) is 2.59. The molecule has 8 aliphatic rings. The minimum atomic E-state index is -1.76. The molecule has 0 radical (unpaired) electrons. The van der Waals surface area contributed by atoms with E-state index in [-0.39, 0.29) is 23.7 Å². The van der Waals surface area contributed by atoms with Crippen molar-refractivity contribution < 1.29 is 119 Å². The van der Waals surface area contributed by atoms with Gasteiger partial charge in [-0.3, -0.25) is 0 Å². The lowest BCUT2D eigenvalue weighted by Crippen LogP contribution is -2.65. The summed E-state index contributed by atoms with van der Waals surface area (Å²) in [6.07, 6.45) is -14.7. The summed E-state index contributed by atoms with van der Waals surface area (Å²) in [4.78, 5) is 0. The minimum absolute atomic E-state index is 0.0154. The molecule has 508 valence electrons. The maximum absolute atomic E-state index is 11.5. The molecular formula is C66H100O24. The van der Waals surface area contributed by atoms with Crippen LogP contribution in [0.1, 0.15) is 154 Å². The average molecular weight is 1280 g/mol. The lowest BCUT2D eigenvalue weighted by Gasteiger charge is -2.48. The van der Waals surface area contributed by atoms with Crippen LogP contribution in [-0.4, -0.2) is 232 Å². The van der Waals surface area contributed by atoms with Gasteiger partial charge < -0.3 is 119 Å². The SMILES string of the molecule is CCCCCc1cc(O[C@@H]2O[C@H](CO)[C@@H](O)[C@H](O)[C@H]2O[C@@H]2O[C@H](CO)[C@@H](O)[C@H](O)[C@H]2O)c2c(c1)OC(C)(C)[C@@H]1CCC(C)=C[C@@H]21.CCCCCc1cc(O[C@@H]2O[C@H](CO)[C@@H](O)[C@H](O[C@@H]3O[C@H](CO)[C@@H](O)[C@H](O)[C@H]3O)[C@H]2O)c2c(c1)OC(C)(C)[C@@H]1CCC(C)=C[C@@H]21. The quantitative estimate of drug-likeness (QED) is 0.0666. The van der Waals surface area contributed by atoms with Gasteiger partial charge in [0.25, 0.3) is 0 Å². The van der Waals surface area contributed by atoms with Gasteiger partial charge in [0.2, 0.25) is 12.6 Å². The van der Waals surface area contributed by atoms with E-state index in [4.69, 9.17) is 47.4 Å². The Balaban J connectivity index is 0.000000213. The molecule has 0 spiro atoms. The molecule has 2 aromatic carbocycles. The van der Waals surface area contributed by atoms with Crippen LogP contribution >= 0.6 is 0 Å². The van der Waals surface area contributed by atoms with E-state index in [1.807, 2.05) is 12.1 Å². The molecule has 24 atom stereocenters. The van der Waals surface area contributed by atoms with E-state index in [1.165, 1.54) is 11.1 Å². The number of hydrogen-bond donors (Lipinski definition) is 14. The number of aliphatic hydroxyl groups excluding tert-OH is 14. The smallest absolute Gasteiger partial charge is 0.229 e. The first-order valence-corrected chi connectivity index (χ1v) is 32.4. The van der Waals surface area contributed by atoms with Gasteiger partial charge in [-0.1, -0.05) is 62.8 Å². The van der Waals surface area contributed by atoms with E-state index in [1.54, 1.807) is 0 Å². The number of fused-ring (bicyclic) bond motifs is 6.